The van der Waals surface area contributed by atoms with Crippen molar-refractivity contribution >= 4 is 33.0 Å². The maximum atomic E-state index is 12.7. The van der Waals surface area contributed by atoms with Gasteiger partial charge in [-0.2, -0.15) is 13.2 Å². The van der Waals surface area contributed by atoms with Gasteiger partial charge in [-0.25, -0.2) is 8.42 Å². The summed E-state index contributed by atoms with van der Waals surface area (Å²) >= 11 is 1.07. The molecule has 0 saturated heterocycles. The standard InChI is InChI=1S/C16H11F3O4S2/c1-23-10-4-2-9(3-5-10)14-8-12-13(20)6-11(7-15(12)24-14)25(21,22)16(17,18)19/h2-5,7-8H,6H2,1H3. The summed E-state index contributed by atoms with van der Waals surface area (Å²) in [5, 5.41) is 0. The van der Waals surface area contributed by atoms with Gasteiger partial charge in [-0.3, -0.25) is 4.79 Å². The summed E-state index contributed by atoms with van der Waals surface area (Å²) in [7, 11) is -3.99. The van der Waals surface area contributed by atoms with E-state index in [1.807, 2.05) is 0 Å². The van der Waals surface area contributed by atoms with Gasteiger partial charge in [0, 0.05) is 21.7 Å². The van der Waals surface area contributed by atoms with Crippen molar-refractivity contribution in [2.75, 3.05) is 7.11 Å². The minimum absolute atomic E-state index is 0.213. The third-order valence-electron chi connectivity index (χ3n) is 3.71. The Morgan fingerprint density at radius 1 is 1.16 bits per heavy atom. The highest BCUT2D eigenvalue weighted by molar-refractivity contribution is 7.96. The zero-order chi connectivity index (χ0) is 18.4. The first-order valence-corrected chi connectivity index (χ1v) is 9.27. The summed E-state index contributed by atoms with van der Waals surface area (Å²) in [4.78, 5) is 12.1. The average molecular weight is 388 g/mol. The van der Waals surface area contributed by atoms with Gasteiger partial charge in [0.15, 0.2) is 5.78 Å². The van der Waals surface area contributed by atoms with Crippen LogP contribution in [-0.2, 0) is 9.84 Å². The molecule has 1 aromatic carbocycles. The van der Waals surface area contributed by atoms with Crippen LogP contribution in [0.3, 0.4) is 0 Å². The van der Waals surface area contributed by atoms with Gasteiger partial charge in [0.2, 0.25) is 0 Å². The number of carbonyl (C=O) groups is 1. The molecule has 4 nitrogen and oxygen atoms in total. The predicted octanol–water partition coefficient (Wildman–Crippen LogP) is 4.29. The first-order chi connectivity index (χ1) is 11.6. The van der Waals surface area contributed by atoms with E-state index in [0.717, 1.165) is 23.0 Å². The van der Waals surface area contributed by atoms with Crippen LogP contribution in [0.15, 0.2) is 35.2 Å². The van der Waals surface area contributed by atoms with Crippen molar-refractivity contribution in [1.82, 2.24) is 0 Å². The lowest BCUT2D eigenvalue weighted by atomic mass is 10.0. The van der Waals surface area contributed by atoms with Crippen molar-refractivity contribution < 1.29 is 31.1 Å². The minimum Gasteiger partial charge on any atom is -0.497 e. The van der Waals surface area contributed by atoms with Gasteiger partial charge in [-0.1, -0.05) is 0 Å². The fourth-order valence-corrected chi connectivity index (χ4v) is 4.52. The van der Waals surface area contributed by atoms with E-state index in [1.165, 1.54) is 7.11 Å². The van der Waals surface area contributed by atoms with Crippen LogP contribution in [0.4, 0.5) is 13.2 Å². The molecular weight excluding hydrogens is 377 g/mol. The van der Waals surface area contributed by atoms with Crippen molar-refractivity contribution in [3.63, 3.8) is 0 Å². The van der Waals surface area contributed by atoms with E-state index >= 15 is 0 Å². The molecule has 0 unspecified atom stereocenters. The van der Waals surface area contributed by atoms with Gasteiger partial charge in [0.1, 0.15) is 5.75 Å². The van der Waals surface area contributed by atoms with Crippen molar-refractivity contribution in [1.29, 1.82) is 0 Å². The molecule has 1 heterocycles. The Bertz CT molecular complexity index is 968. The minimum atomic E-state index is -5.51. The number of Topliss-reactive ketones (excluding diaryl/α,β-unsaturated/α-hetero) is 1. The molecule has 0 bridgehead atoms. The van der Waals surface area contributed by atoms with Crippen molar-refractivity contribution in [2.45, 2.75) is 11.9 Å². The van der Waals surface area contributed by atoms with Crippen LogP contribution in [0, 0.1) is 0 Å². The number of benzene rings is 1. The van der Waals surface area contributed by atoms with Crippen LogP contribution < -0.4 is 4.74 Å². The molecule has 0 radical (unpaired) electrons. The SMILES string of the molecule is COc1ccc(-c2cc3c(s2)C=C(S(=O)(=O)C(F)(F)F)CC3=O)cc1. The molecule has 2 aromatic rings. The first-order valence-electron chi connectivity index (χ1n) is 6.97. The Balaban J connectivity index is 2.05. The highest BCUT2D eigenvalue weighted by Gasteiger charge is 2.49. The van der Waals surface area contributed by atoms with Crippen LogP contribution in [0.25, 0.3) is 16.5 Å². The molecule has 1 aliphatic rings. The van der Waals surface area contributed by atoms with Crippen LogP contribution in [0.1, 0.15) is 21.7 Å². The third-order valence-corrected chi connectivity index (χ3v) is 6.41. The third kappa shape index (κ3) is 3.09. The molecule has 0 saturated carbocycles. The average Bonchev–Trinajstić information content (AvgIpc) is 2.98. The largest absolute Gasteiger partial charge is 0.501 e. The number of carbonyl (C=O) groups excluding carboxylic acids is 1. The topological polar surface area (TPSA) is 60.4 Å². The van der Waals surface area contributed by atoms with E-state index in [1.54, 1.807) is 30.3 Å². The molecule has 0 spiro atoms. The van der Waals surface area contributed by atoms with Crippen molar-refractivity contribution in [3.8, 4) is 16.2 Å². The number of thiophene rings is 1. The molecule has 25 heavy (non-hydrogen) atoms. The van der Waals surface area contributed by atoms with Crippen LogP contribution in [0.5, 0.6) is 5.75 Å². The fourth-order valence-electron chi connectivity index (χ4n) is 2.40. The molecule has 0 aliphatic heterocycles. The van der Waals surface area contributed by atoms with E-state index < -0.39 is 32.5 Å². The molecule has 0 amide bonds. The highest BCUT2D eigenvalue weighted by atomic mass is 32.2. The lowest BCUT2D eigenvalue weighted by Gasteiger charge is -2.14. The summed E-state index contributed by atoms with van der Waals surface area (Å²) < 4.78 is 66.3. The number of sulfone groups is 1. The second kappa shape index (κ2) is 5.99. The van der Waals surface area contributed by atoms with Crippen molar-refractivity contribution in [3.05, 3.63) is 45.7 Å². The molecule has 1 aliphatic carbocycles. The Morgan fingerprint density at radius 3 is 2.36 bits per heavy atom. The molecular formula is C16H11F3O4S2. The van der Waals surface area contributed by atoms with Gasteiger partial charge in [-0.15, -0.1) is 11.3 Å². The van der Waals surface area contributed by atoms with Crippen LogP contribution in [0.2, 0.25) is 0 Å². The zero-order valence-electron chi connectivity index (χ0n) is 12.8. The molecule has 0 fully saturated rings. The highest BCUT2D eigenvalue weighted by Crippen LogP contribution is 2.41. The Labute approximate surface area is 145 Å². The number of methoxy groups -OCH3 is 1. The lowest BCUT2D eigenvalue weighted by Crippen LogP contribution is -2.26. The Morgan fingerprint density at radius 2 is 1.80 bits per heavy atom. The number of hydrogen-bond donors (Lipinski definition) is 0. The molecule has 1 aromatic heterocycles. The number of fused-ring (bicyclic) bond motifs is 1. The van der Waals surface area contributed by atoms with E-state index in [4.69, 9.17) is 4.74 Å². The van der Waals surface area contributed by atoms with E-state index in [0.29, 0.717) is 10.6 Å². The van der Waals surface area contributed by atoms with Crippen molar-refractivity contribution in [2.24, 2.45) is 0 Å². The van der Waals surface area contributed by atoms with Gasteiger partial charge in [-0.05, 0) is 42.0 Å². The molecule has 132 valence electrons. The number of halogens is 3. The molecule has 0 N–H and O–H groups in total. The van der Waals surface area contributed by atoms with Crippen LogP contribution >= 0.6 is 11.3 Å². The van der Waals surface area contributed by atoms with E-state index in [9.17, 15) is 26.4 Å². The number of allylic oxidation sites excluding steroid dienone is 1. The second-order valence-electron chi connectivity index (χ2n) is 5.28. The molecule has 9 heteroatoms. The van der Waals surface area contributed by atoms with Gasteiger partial charge in [0.25, 0.3) is 9.84 Å². The normalized spacial score (nSPS) is 14.9. The number of ether oxygens (including phenoxy) is 1. The predicted molar refractivity (Wildman–Crippen MR) is 88.2 cm³/mol. The number of hydrogen-bond acceptors (Lipinski definition) is 5. The molecule has 0 atom stereocenters. The van der Waals surface area contributed by atoms with Gasteiger partial charge in [0.05, 0.1) is 12.0 Å². The summed E-state index contributed by atoms with van der Waals surface area (Å²) in [5.41, 5.74) is -4.44. The smallest absolute Gasteiger partial charge is 0.497 e. The van der Waals surface area contributed by atoms with Gasteiger partial charge < -0.3 is 4.74 Å². The van der Waals surface area contributed by atoms with E-state index in [2.05, 4.69) is 0 Å². The summed E-state index contributed by atoms with van der Waals surface area (Å²) in [6.45, 7) is 0. The first kappa shape index (κ1) is 17.7. The molecule has 3 rings (SSSR count). The van der Waals surface area contributed by atoms with E-state index in [-0.39, 0.29) is 10.4 Å². The Hall–Kier alpha value is -2.13. The van der Waals surface area contributed by atoms with Gasteiger partial charge >= 0.3 is 5.51 Å². The summed E-state index contributed by atoms with van der Waals surface area (Å²) in [5.74, 6) is -0.00376. The zero-order valence-corrected chi connectivity index (χ0v) is 14.4. The second-order valence-corrected chi connectivity index (χ2v) is 8.35. The summed E-state index contributed by atoms with van der Waals surface area (Å²) in [6.07, 6.45) is 0.158. The maximum Gasteiger partial charge on any atom is 0.501 e. The quantitative estimate of drug-likeness (QED) is 0.787. The fraction of sp³-hybridized carbons (Fsp3) is 0.188. The maximum absolute atomic E-state index is 12.7. The number of alkyl halides is 3. The lowest BCUT2D eigenvalue weighted by molar-refractivity contribution is -0.0426. The number of ketones is 1. The Kier molecular flexibility index (Phi) is 4.24. The monoisotopic (exact) mass is 388 g/mol. The number of rotatable bonds is 3. The summed E-state index contributed by atoms with van der Waals surface area (Å²) in [6, 6.07) is 8.49. The van der Waals surface area contributed by atoms with Crippen LogP contribution in [-0.4, -0.2) is 26.8 Å².